The topological polar surface area (TPSA) is 84.2 Å². The first kappa shape index (κ1) is 15.1. The Kier molecular flexibility index (Phi) is 5.47. The Morgan fingerprint density at radius 2 is 2.16 bits per heavy atom. The molecule has 0 aromatic carbocycles. The van der Waals surface area contributed by atoms with Gasteiger partial charge >= 0.3 is 5.69 Å². The molecule has 1 heterocycles. The third-order valence-corrected chi connectivity index (χ3v) is 3.11. The highest BCUT2D eigenvalue weighted by Gasteiger charge is 2.26. The maximum atomic E-state index is 11.3. The Labute approximate surface area is 113 Å². The molecule has 0 spiro atoms. The molecule has 0 bridgehead atoms. The molecule has 1 N–H and O–H groups in total. The summed E-state index contributed by atoms with van der Waals surface area (Å²) in [5.74, 6) is 0.639. The van der Waals surface area contributed by atoms with E-state index in [9.17, 15) is 10.1 Å². The van der Waals surface area contributed by atoms with E-state index in [1.54, 1.807) is 0 Å². The van der Waals surface area contributed by atoms with Gasteiger partial charge in [-0.25, -0.2) is 9.97 Å². The number of hydrogen-bond acceptors (Lipinski definition) is 6. The summed E-state index contributed by atoms with van der Waals surface area (Å²) in [6.45, 7) is 6.67. The first-order valence-electron chi connectivity index (χ1n) is 6.48. The SMILES string of the molecule is CCCNc1ncnc(N(C)C(C)CC)c1[N+](=O)[O-]. The van der Waals surface area contributed by atoms with E-state index in [4.69, 9.17) is 0 Å². The van der Waals surface area contributed by atoms with Gasteiger partial charge in [0.05, 0.1) is 4.92 Å². The van der Waals surface area contributed by atoms with Crippen LogP contribution in [0.3, 0.4) is 0 Å². The highest BCUT2D eigenvalue weighted by Crippen LogP contribution is 2.32. The van der Waals surface area contributed by atoms with Crippen molar-refractivity contribution in [3.8, 4) is 0 Å². The molecular weight excluding hydrogens is 246 g/mol. The third kappa shape index (κ3) is 3.52. The van der Waals surface area contributed by atoms with Crippen LogP contribution >= 0.6 is 0 Å². The molecule has 1 aromatic heterocycles. The van der Waals surface area contributed by atoms with Crippen molar-refractivity contribution in [2.24, 2.45) is 0 Å². The van der Waals surface area contributed by atoms with E-state index < -0.39 is 4.92 Å². The number of nitrogens with one attached hydrogen (secondary N) is 1. The smallest absolute Gasteiger partial charge is 0.353 e. The Morgan fingerprint density at radius 3 is 2.68 bits per heavy atom. The first-order chi connectivity index (χ1) is 9.02. The van der Waals surface area contributed by atoms with E-state index in [0.717, 1.165) is 12.8 Å². The van der Waals surface area contributed by atoms with E-state index in [-0.39, 0.29) is 17.5 Å². The molecule has 0 aliphatic rings. The Bertz CT molecular complexity index is 438. The number of anilines is 2. The lowest BCUT2D eigenvalue weighted by Crippen LogP contribution is -2.29. The summed E-state index contributed by atoms with van der Waals surface area (Å²) in [6.07, 6.45) is 3.12. The number of hydrogen-bond donors (Lipinski definition) is 1. The van der Waals surface area contributed by atoms with E-state index in [0.29, 0.717) is 12.4 Å². The molecule has 1 rings (SSSR count). The van der Waals surface area contributed by atoms with Crippen molar-refractivity contribution in [2.75, 3.05) is 23.8 Å². The lowest BCUT2D eigenvalue weighted by atomic mass is 10.2. The number of nitro groups is 1. The Balaban J connectivity index is 3.19. The van der Waals surface area contributed by atoms with Crippen LogP contribution in [0, 0.1) is 10.1 Å². The average molecular weight is 267 g/mol. The Morgan fingerprint density at radius 1 is 1.47 bits per heavy atom. The fourth-order valence-electron chi connectivity index (χ4n) is 1.65. The molecule has 106 valence electrons. The van der Waals surface area contributed by atoms with Gasteiger partial charge < -0.3 is 10.2 Å². The van der Waals surface area contributed by atoms with Gasteiger partial charge in [-0.15, -0.1) is 0 Å². The van der Waals surface area contributed by atoms with Gasteiger partial charge in [-0.3, -0.25) is 10.1 Å². The second kappa shape index (κ2) is 6.86. The first-order valence-corrected chi connectivity index (χ1v) is 6.48. The molecule has 0 saturated carbocycles. The van der Waals surface area contributed by atoms with Gasteiger partial charge in [0.15, 0.2) is 0 Å². The molecule has 1 atom stereocenters. The Hall–Kier alpha value is -1.92. The molecule has 0 aliphatic heterocycles. The van der Waals surface area contributed by atoms with E-state index in [1.807, 2.05) is 32.7 Å². The summed E-state index contributed by atoms with van der Waals surface area (Å²) in [6, 6.07) is 0.174. The predicted molar refractivity (Wildman–Crippen MR) is 75.6 cm³/mol. The van der Waals surface area contributed by atoms with Gasteiger partial charge in [0.25, 0.3) is 0 Å². The quantitative estimate of drug-likeness (QED) is 0.603. The van der Waals surface area contributed by atoms with Crippen LogP contribution < -0.4 is 10.2 Å². The van der Waals surface area contributed by atoms with Gasteiger partial charge in [-0.05, 0) is 19.8 Å². The number of nitrogens with zero attached hydrogens (tertiary/aromatic N) is 4. The van der Waals surface area contributed by atoms with Crippen LogP contribution in [0.4, 0.5) is 17.3 Å². The zero-order valence-corrected chi connectivity index (χ0v) is 11.9. The summed E-state index contributed by atoms with van der Waals surface area (Å²) in [5.41, 5.74) is -0.0567. The molecule has 0 saturated heterocycles. The van der Waals surface area contributed by atoms with Crippen molar-refractivity contribution < 1.29 is 4.92 Å². The molecular formula is C12H21N5O2. The molecule has 7 heteroatoms. The summed E-state index contributed by atoms with van der Waals surface area (Å²) in [7, 11) is 1.81. The molecule has 0 fully saturated rings. The molecule has 1 unspecified atom stereocenters. The maximum Gasteiger partial charge on any atom is 0.353 e. The minimum absolute atomic E-state index is 0.0567. The van der Waals surface area contributed by atoms with Crippen molar-refractivity contribution in [2.45, 2.75) is 39.7 Å². The zero-order valence-electron chi connectivity index (χ0n) is 11.9. The zero-order chi connectivity index (χ0) is 14.4. The van der Waals surface area contributed by atoms with Gasteiger partial charge in [0.2, 0.25) is 11.6 Å². The van der Waals surface area contributed by atoms with Gasteiger partial charge in [0.1, 0.15) is 6.33 Å². The molecule has 1 aromatic rings. The summed E-state index contributed by atoms with van der Waals surface area (Å²) in [4.78, 5) is 20.7. The number of aromatic nitrogens is 2. The van der Waals surface area contributed by atoms with Crippen molar-refractivity contribution in [1.29, 1.82) is 0 Å². The van der Waals surface area contributed by atoms with E-state index in [2.05, 4.69) is 15.3 Å². The van der Waals surface area contributed by atoms with Crippen LogP contribution in [-0.4, -0.2) is 34.5 Å². The lowest BCUT2D eigenvalue weighted by Gasteiger charge is -2.24. The van der Waals surface area contributed by atoms with Crippen molar-refractivity contribution >= 4 is 17.3 Å². The second-order valence-corrected chi connectivity index (χ2v) is 4.45. The molecule has 0 radical (unpaired) electrons. The standard InChI is InChI=1S/C12H21N5O2/c1-5-7-13-11-10(17(18)19)12(15-8-14-11)16(4)9(3)6-2/h8-9H,5-7H2,1-4H3,(H,13,14,15). The minimum Gasteiger partial charge on any atom is -0.364 e. The fourth-order valence-corrected chi connectivity index (χ4v) is 1.65. The minimum atomic E-state index is -0.424. The van der Waals surface area contributed by atoms with E-state index >= 15 is 0 Å². The van der Waals surface area contributed by atoms with E-state index in [1.165, 1.54) is 6.33 Å². The maximum absolute atomic E-state index is 11.3. The largest absolute Gasteiger partial charge is 0.364 e. The van der Waals surface area contributed by atoms with Gasteiger partial charge in [0, 0.05) is 19.6 Å². The summed E-state index contributed by atoms with van der Waals surface area (Å²) < 4.78 is 0. The van der Waals surface area contributed by atoms with Crippen LogP contribution in [0.15, 0.2) is 6.33 Å². The van der Waals surface area contributed by atoms with Crippen LogP contribution in [0.2, 0.25) is 0 Å². The van der Waals surface area contributed by atoms with Crippen molar-refractivity contribution in [3.05, 3.63) is 16.4 Å². The normalized spacial score (nSPS) is 12.0. The molecule has 0 amide bonds. The molecule has 7 nitrogen and oxygen atoms in total. The average Bonchev–Trinajstić information content (AvgIpc) is 2.42. The second-order valence-electron chi connectivity index (χ2n) is 4.45. The lowest BCUT2D eigenvalue weighted by molar-refractivity contribution is -0.383. The van der Waals surface area contributed by atoms with Crippen LogP contribution in [0.1, 0.15) is 33.6 Å². The third-order valence-electron chi connectivity index (χ3n) is 3.11. The highest BCUT2D eigenvalue weighted by molar-refractivity contribution is 5.70. The van der Waals surface area contributed by atoms with Crippen LogP contribution in [0.5, 0.6) is 0 Å². The monoisotopic (exact) mass is 267 g/mol. The van der Waals surface area contributed by atoms with Gasteiger partial charge in [-0.1, -0.05) is 13.8 Å². The molecule has 0 aliphatic carbocycles. The molecule has 19 heavy (non-hydrogen) atoms. The van der Waals surface area contributed by atoms with Crippen molar-refractivity contribution in [1.82, 2.24) is 9.97 Å². The van der Waals surface area contributed by atoms with Crippen molar-refractivity contribution in [3.63, 3.8) is 0 Å². The summed E-state index contributed by atoms with van der Waals surface area (Å²) >= 11 is 0. The summed E-state index contributed by atoms with van der Waals surface area (Å²) in [5, 5.41) is 14.3. The van der Waals surface area contributed by atoms with Crippen LogP contribution in [-0.2, 0) is 0 Å². The van der Waals surface area contributed by atoms with Crippen LogP contribution in [0.25, 0.3) is 0 Å². The highest BCUT2D eigenvalue weighted by atomic mass is 16.6. The fraction of sp³-hybridized carbons (Fsp3) is 0.667. The number of rotatable bonds is 7. The van der Waals surface area contributed by atoms with Gasteiger partial charge in [-0.2, -0.15) is 0 Å². The predicted octanol–water partition coefficient (Wildman–Crippen LogP) is 2.44.